The van der Waals surface area contributed by atoms with Crippen LogP contribution in [-0.2, 0) is 11.4 Å². The first-order valence-electron chi connectivity index (χ1n) is 8.90. The number of anilines is 1. The van der Waals surface area contributed by atoms with Gasteiger partial charge in [-0.3, -0.25) is 4.79 Å². The van der Waals surface area contributed by atoms with E-state index in [1.54, 1.807) is 24.3 Å². The van der Waals surface area contributed by atoms with E-state index in [1.165, 1.54) is 42.5 Å². The molecule has 0 aliphatic heterocycles. The van der Waals surface area contributed by atoms with Crippen LogP contribution in [0.3, 0.4) is 0 Å². The second-order valence-electron chi connectivity index (χ2n) is 6.36. The van der Waals surface area contributed by atoms with Gasteiger partial charge in [-0.2, -0.15) is 5.26 Å². The van der Waals surface area contributed by atoms with E-state index in [9.17, 15) is 18.8 Å². The lowest BCUT2D eigenvalue weighted by Crippen LogP contribution is -2.13. The molecule has 31 heavy (non-hydrogen) atoms. The van der Waals surface area contributed by atoms with E-state index >= 15 is 0 Å². The van der Waals surface area contributed by atoms with E-state index < -0.39 is 11.7 Å². The van der Waals surface area contributed by atoms with E-state index in [0.29, 0.717) is 31.5 Å². The van der Waals surface area contributed by atoms with Crippen molar-refractivity contribution in [3.05, 3.63) is 97.9 Å². The minimum atomic E-state index is -0.652. The molecule has 1 amide bonds. The molecule has 0 atom stereocenters. The molecule has 4 nitrogen and oxygen atoms in total. The van der Waals surface area contributed by atoms with E-state index in [1.807, 2.05) is 6.07 Å². The molecule has 0 aliphatic carbocycles. The Hall–Kier alpha value is -3.02. The summed E-state index contributed by atoms with van der Waals surface area (Å²) in [6.45, 7) is 0.0858. The van der Waals surface area contributed by atoms with Gasteiger partial charge >= 0.3 is 0 Å². The maximum atomic E-state index is 13.4. The highest BCUT2D eigenvalue weighted by Crippen LogP contribution is 2.35. The highest BCUT2D eigenvalue weighted by Gasteiger charge is 2.15. The average Bonchev–Trinajstić information content (AvgIpc) is 2.72. The van der Waals surface area contributed by atoms with Crippen LogP contribution in [0.25, 0.3) is 6.08 Å². The summed E-state index contributed by atoms with van der Waals surface area (Å²) < 4.78 is 33.6. The van der Waals surface area contributed by atoms with Crippen LogP contribution in [0.5, 0.6) is 5.75 Å². The first kappa shape index (κ1) is 22.7. The Kier molecular flexibility index (Phi) is 7.55. The Balaban J connectivity index is 1.88. The lowest BCUT2D eigenvalue weighted by molar-refractivity contribution is -0.112. The number of rotatable bonds is 6. The standard InChI is InChI=1S/C23H14Br2F2N2O2/c24-17-10-15(9-16(12-28)23(30)29-20-6-4-18(26)5-7-20)22(21(25)11-17)31-13-14-2-1-3-19(27)8-14/h1-11H,13H2,(H,29,30)/b16-9+. The fourth-order valence-corrected chi connectivity index (χ4v) is 4.03. The number of halogens is 4. The number of amides is 1. The van der Waals surface area contributed by atoms with Gasteiger partial charge in [0.1, 0.15) is 35.6 Å². The predicted molar refractivity (Wildman–Crippen MR) is 121 cm³/mol. The smallest absolute Gasteiger partial charge is 0.266 e. The molecule has 1 N–H and O–H groups in total. The number of nitrogens with one attached hydrogen (secondary N) is 1. The molecule has 0 heterocycles. The van der Waals surface area contributed by atoms with Crippen LogP contribution in [0.4, 0.5) is 14.5 Å². The summed E-state index contributed by atoms with van der Waals surface area (Å²) in [4.78, 5) is 12.5. The number of nitrogens with zero attached hydrogens (tertiary/aromatic N) is 1. The van der Waals surface area contributed by atoms with E-state index in [2.05, 4.69) is 37.2 Å². The van der Waals surface area contributed by atoms with Crippen LogP contribution in [0.15, 0.2) is 75.2 Å². The van der Waals surface area contributed by atoms with Crippen LogP contribution in [-0.4, -0.2) is 5.91 Å². The van der Waals surface area contributed by atoms with Crippen molar-refractivity contribution in [2.45, 2.75) is 6.61 Å². The zero-order chi connectivity index (χ0) is 22.4. The van der Waals surface area contributed by atoms with Crippen molar-refractivity contribution in [2.75, 3.05) is 5.32 Å². The van der Waals surface area contributed by atoms with Crippen molar-refractivity contribution in [1.82, 2.24) is 0 Å². The number of carbonyl (C=O) groups excluding carboxylic acids is 1. The molecule has 0 saturated carbocycles. The van der Waals surface area contributed by atoms with Gasteiger partial charge in [-0.25, -0.2) is 8.78 Å². The van der Waals surface area contributed by atoms with Crippen LogP contribution in [0, 0.1) is 23.0 Å². The van der Waals surface area contributed by atoms with Crippen LogP contribution >= 0.6 is 31.9 Å². The number of nitriles is 1. The molecular formula is C23H14Br2F2N2O2. The molecule has 0 spiro atoms. The van der Waals surface area contributed by atoms with Gasteiger partial charge in [0, 0.05) is 15.7 Å². The van der Waals surface area contributed by atoms with Crippen LogP contribution < -0.4 is 10.1 Å². The highest BCUT2D eigenvalue weighted by molar-refractivity contribution is 9.11. The van der Waals surface area contributed by atoms with E-state index in [-0.39, 0.29) is 18.0 Å². The number of benzene rings is 3. The number of hydrogen-bond acceptors (Lipinski definition) is 3. The quantitative estimate of drug-likeness (QED) is 0.279. The Labute approximate surface area is 194 Å². The second-order valence-corrected chi connectivity index (χ2v) is 8.13. The molecule has 0 bridgehead atoms. The summed E-state index contributed by atoms with van der Waals surface area (Å²) in [6.07, 6.45) is 1.38. The predicted octanol–water partition coefficient (Wildman–Crippen LogP) is 6.61. The van der Waals surface area contributed by atoms with Gasteiger partial charge in [0.15, 0.2) is 0 Å². The molecule has 0 aliphatic rings. The molecule has 156 valence electrons. The van der Waals surface area contributed by atoms with Gasteiger partial charge in [0.25, 0.3) is 5.91 Å². The third-order valence-electron chi connectivity index (χ3n) is 4.08. The molecule has 0 saturated heterocycles. The summed E-state index contributed by atoms with van der Waals surface area (Å²) in [6, 6.07) is 16.5. The summed E-state index contributed by atoms with van der Waals surface area (Å²) in [5.41, 5.74) is 1.26. The Morgan fingerprint density at radius 2 is 1.81 bits per heavy atom. The highest BCUT2D eigenvalue weighted by atomic mass is 79.9. The van der Waals surface area contributed by atoms with Crippen LogP contribution in [0.2, 0.25) is 0 Å². The summed E-state index contributed by atoms with van der Waals surface area (Å²) in [7, 11) is 0. The third-order valence-corrected chi connectivity index (χ3v) is 5.12. The van der Waals surface area contributed by atoms with Gasteiger partial charge < -0.3 is 10.1 Å². The largest absolute Gasteiger partial charge is 0.487 e. The fourth-order valence-electron chi connectivity index (χ4n) is 2.66. The lowest BCUT2D eigenvalue weighted by atomic mass is 10.1. The minimum Gasteiger partial charge on any atom is -0.487 e. The second kappa shape index (κ2) is 10.3. The zero-order valence-electron chi connectivity index (χ0n) is 15.8. The van der Waals surface area contributed by atoms with Crippen molar-refractivity contribution < 1.29 is 18.3 Å². The first-order chi connectivity index (χ1) is 14.9. The molecule has 0 radical (unpaired) electrons. The topological polar surface area (TPSA) is 62.1 Å². The van der Waals surface area contributed by atoms with E-state index in [4.69, 9.17) is 4.74 Å². The fraction of sp³-hybridized carbons (Fsp3) is 0.0435. The van der Waals surface area contributed by atoms with Gasteiger partial charge in [-0.05, 0) is 76.1 Å². The van der Waals surface area contributed by atoms with Crippen molar-refractivity contribution >= 4 is 49.5 Å². The average molecular weight is 548 g/mol. The molecule has 0 unspecified atom stereocenters. The van der Waals surface area contributed by atoms with Crippen molar-refractivity contribution in [2.24, 2.45) is 0 Å². The van der Waals surface area contributed by atoms with E-state index in [0.717, 1.165) is 0 Å². The summed E-state index contributed by atoms with van der Waals surface area (Å²) >= 11 is 6.80. The Morgan fingerprint density at radius 3 is 2.48 bits per heavy atom. The number of carbonyl (C=O) groups is 1. The first-order valence-corrected chi connectivity index (χ1v) is 10.5. The van der Waals surface area contributed by atoms with Crippen molar-refractivity contribution in [3.63, 3.8) is 0 Å². The van der Waals surface area contributed by atoms with Gasteiger partial charge in [-0.15, -0.1) is 0 Å². The molecular weight excluding hydrogens is 534 g/mol. The minimum absolute atomic E-state index is 0.0858. The number of hydrogen-bond donors (Lipinski definition) is 1. The Morgan fingerprint density at radius 1 is 1.06 bits per heavy atom. The van der Waals surface area contributed by atoms with Crippen molar-refractivity contribution in [1.29, 1.82) is 5.26 Å². The summed E-state index contributed by atoms with van der Waals surface area (Å²) in [5, 5.41) is 12.1. The molecule has 3 rings (SSSR count). The lowest BCUT2D eigenvalue weighted by Gasteiger charge is -2.13. The van der Waals surface area contributed by atoms with Gasteiger partial charge in [-0.1, -0.05) is 28.1 Å². The zero-order valence-corrected chi connectivity index (χ0v) is 19.0. The monoisotopic (exact) mass is 546 g/mol. The molecule has 8 heteroatoms. The van der Waals surface area contributed by atoms with Gasteiger partial charge in [0.05, 0.1) is 4.47 Å². The summed E-state index contributed by atoms with van der Waals surface area (Å²) in [5.74, 6) is -1.08. The third kappa shape index (κ3) is 6.23. The van der Waals surface area contributed by atoms with Crippen molar-refractivity contribution in [3.8, 4) is 11.8 Å². The molecule has 3 aromatic rings. The van der Waals surface area contributed by atoms with Crippen LogP contribution in [0.1, 0.15) is 11.1 Å². The SMILES string of the molecule is N#C/C(=C\c1cc(Br)cc(Br)c1OCc1cccc(F)c1)C(=O)Nc1ccc(F)cc1. The normalized spacial score (nSPS) is 11.0. The molecule has 0 aromatic heterocycles. The number of ether oxygens (including phenoxy) is 1. The molecule has 3 aromatic carbocycles. The maximum absolute atomic E-state index is 13.4. The van der Waals surface area contributed by atoms with Gasteiger partial charge in [0.2, 0.25) is 0 Å². The molecule has 0 fully saturated rings. The maximum Gasteiger partial charge on any atom is 0.266 e. The Bertz CT molecular complexity index is 1190.